The molecule has 6 heteroatoms. The minimum Gasteiger partial charge on any atom is -0.467 e. The summed E-state index contributed by atoms with van der Waals surface area (Å²) in [6.07, 6.45) is 0.449. The molecule has 23 heavy (non-hydrogen) atoms. The summed E-state index contributed by atoms with van der Waals surface area (Å²) < 4.78 is 9.65. The van der Waals surface area contributed by atoms with Crippen molar-refractivity contribution >= 4 is 17.8 Å². The van der Waals surface area contributed by atoms with E-state index in [1.807, 2.05) is 19.9 Å². The predicted molar refractivity (Wildman–Crippen MR) is 84.9 cm³/mol. The van der Waals surface area contributed by atoms with E-state index < -0.39 is 30.5 Å². The Hall–Kier alpha value is -2.37. The minimum atomic E-state index is -0.746. The molecule has 0 saturated carbocycles. The van der Waals surface area contributed by atoms with E-state index in [1.54, 1.807) is 25.1 Å². The number of carbonyl (C=O) groups is 3. The maximum atomic E-state index is 11.9. The third-order valence-electron chi connectivity index (χ3n) is 3.23. The Bertz CT molecular complexity index is 568. The van der Waals surface area contributed by atoms with Crippen LogP contribution in [0.3, 0.4) is 0 Å². The van der Waals surface area contributed by atoms with Crippen molar-refractivity contribution in [3.05, 3.63) is 35.4 Å². The maximum absolute atomic E-state index is 11.9. The largest absolute Gasteiger partial charge is 0.467 e. The highest BCUT2D eigenvalue weighted by Crippen LogP contribution is 2.09. The van der Waals surface area contributed by atoms with Crippen molar-refractivity contribution < 1.29 is 23.9 Å². The molecule has 0 aliphatic heterocycles. The molecule has 0 aliphatic rings. The van der Waals surface area contributed by atoms with E-state index in [0.717, 1.165) is 5.56 Å². The maximum Gasteiger partial charge on any atom is 0.338 e. The fourth-order valence-corrected chi connectivity index (χ4v) is 2.07. The third kappa shape index (κ3) is 6.10. The quantitative estimate of drug-likeness (QED) is 0.775. The second-order valence-electron chi connectivity index (χ2n) is 5.66. The molecule has 126 valence electrons. The van der Waals surface area contributed by atoms with Gasteiger partial charge in [-0.15, -0.1) is 0 Å². The number of methoxy groups -OCH3 is 1. The number of rotatable bonds is 7. The Labute approximate surface area is 136 Å². The standard InChI is InChI=1S/C17H23NO5/c1-11(2)9-14(17(21)22-4)18-15(19)10-23-16(20)13-8-6-5-7-12(13)3/h5-8,11,14H,9-10H2,1-4H3,(H,18,19)/t14-/m0/s1. The van der Waals surface area contributed by atoms with Crippen molar-refractivity contribution in [1.82, 2.24) is 5.32 Å². The Balaban J connectivity index is 2.56. The van der Waals surface area contributed by atoms with Gasteiger partial charge in [-0.05, 0) is 30.9 Å². The molecule has 0 heterocycles. The summed E-state index contributed by atoms with van der Waals surface area (Å²) in [5.41, 5.74) is 1.18. The van der Waals surface area contributed by atoms with Crippen LogP contribution in [-0.2, 0) is 19.1 Å². The highest BCUT2D eigenvalue weighted by Gasteiger charge is 2.23. The third-order valence-corrected chi connectivity index (χ3v) is 3.23. The zero-order chi connectivity index (χ0) is 17.4. The molecular formula is C17H23NO5. The van der Waals surface area contributed by atoms with Crippen LogP contribution in [0.1, 0.15) is 36.2 Å². The predicted octanol–water partition coefficient (Wildman–Crippen LogP) is 1.86. The molecule has 1 aromatic carbocycles. The van der Waals surface area contributed by atoms with Gasteiger partial charge in [-0.2, -0.15) is 0 Å². The minimum absolute atomic E-state index is 0.203. The second kappa shape index (κ2) is 8.92. The molecule has 1 atom stereocenters. The molecule has 0 spiro atoms. The molecule has 1 N–H and O–H groups in total. The van der Waals surface area contributed by atoms with Gasteiger partial charge < -0.3 is 14.8 Å². The summed E-state index contributed by atoms with van der Waals surface area (Å²) in [6.45, 7) is 5.20. The number of nitrogens with one attached hydrogen (secondary N) is 1. The lowest BCUT2D eigenvalue weighted by Gasteiger charge is -2.18. The van der Waals surface area contributed by atoms with Crippen LogP contribution in [0.2, 0.25) is 0 Å². The van der Waals surface area contributed by atoms with Gasteiger partial charge in [-0.1, -0.05) is 32.0 Å². The second-order valence-corrected chi connectivity index (χ2v) is 5.66. The summed E-state index contributed by atoms with van der Waals surface area (Å²) in [6, 6.07) is 6.20. The molecule has 1 amide bonds. The van der Waals surface area contributed by atoms with E-state index in [0.29, 0.717) is 12.0 Å². The average molecular weight is 321 g/mol. The van der Waals surface area contributed by atoms with Crippen LogP contribution in [0.25, 0.3) is 0 Å². The first-order valence-electron chi connectivity index (χ1n) is 7.45. The topological polar surface area (TPSA) is 81.7 Å². The first-order valence-corrected chi connectivity index (χ1v) is 7.45. The molecule has 0 aliphatic carbocycles. The van der Waals surface area contributed by atoms with Crippen LogP contribution in [-0.4, -0.2) is 37.6 Å². The van der Waals surface area contributed by atoms with E-state index in [1.165, 1.54) is 7.11 Å². The molecule has 6 nitrogen and oxygen atoms in total. The Kier molecular flexibility index (Phi) is 7.25. The van der Waals surface area contributed by atoms with Crippen molar-refractivity contribution in [2.75, 3.05) is 13.7 Å². The van der Waals surface area contributed by atoms with Gasteiger partial charge in [-0.25, -0.2) is 9.59 Å². The van der Waals surface area contributed by atoms with Crippen LogP contribution in [0.4, 0.5) is 0 Å². The van der Waals surface area contributed by atoms with E-state index in [2.05, 4.69) is 10.1 Å². The number of amides is 1. The van der Waals surface area contributed by atoms with E-state index in [-0.39, 0.29) is 5.92 Å². The molecule has 0 unspecified atom stereocenters. The summed E-state index contributed by atoms with van der Waals surface area (Å²) >= 11 is 0. The smallest absolute Gasteiger partial charge is 0.338 e. The van der Waals surface area contributed by atoms with Gasteiger partial charge in [0.1, 0.15) is 6.04 Å². The highest BCUT2D eigenvalue weighted by molar-refractivity contribution is 5.93. The monoisotopic (exact) mass is 321 g/mol. The molecule has 0 fully saturated rings. The summed E-state index contributed by atoms with van der Waals surface area (Å²) in [7, 11) is 1.26. The summed E-state index contributed by atoms with van der Waals surface area (Å²) in [5, 5.41) is 2.53. The number of aryl methyl sites for hydroxylation is 1. The lowest BCUT2D eigenvalue weighted by molar-refractivity contribution is -0.145. The van der Waals surface area contributed by atoms with Gasteiger partial charge in [0, 0.05) is 0 Å². The molecule has 0 saturated heterocycles. The van der Waals surface area contributed by atoms with Crippen molar-refractivity contribution in [2.45, 2.75) is 33.2 Å². The SMILES string of the molecule is COC(=O)[C@H](CC(C)C)NC(=O)COC(=O)c1ccccc1C. The Morgan fingerprint density at radius 3 is 2.39 bits per heavy atom. The van der Waals surface area contributed by atoms with Crippen molar-refractivity contribution in [3.63, 3.8) is 0 Å². The van der Waals surface area contributed by atoms with Crippen LogP contribution < -0.4 is 5.32 Å². The number of hydrogen-bond donors (Lipinski definition) is 1. The van der Waals surface area contributed by atoms with Crippen molar-refractivity contribution in [3.8, 4) is 0 Å². The zero-order valence-corrected chi connectivity index (χ0v) is 13.9. The molecular weight excluding hydrogens is 298 g/mol. The van der Waals surface area contributed by atoms with Crippen LogP contribution in [0.5, 0.6) is 0 Å². The Morgan fingerprint density at radius 1 is 1.17 bits per heavy atom. The number of esters is 2. The molecule has 1 rings (SSSR count). The van der Waals surface area contributed by atoms with Crippen molar-refractivity contribution in [1.29, 1.82) is 0 Å². The zero-order valence-electron chi connectivity index (χ0n) is 13.9. The van der Waals surface area contributed by atoms with Gasteiger partial charge in [0.2, 0.25) is 0 Å². The van der Waals surface area contributed by atoms with Gasteiger partial charge in [0.25, 0.3) is 5.91 Å². The first-order chi connectivity index (χ1) is 10.8. The van der Waals surface area contributed by atoms with Crippen LogP contribution in [0.15, 0.2) is 24.3 Å². The number of benzene rings is 1. The van der Waals surface area contributed by atoms with Gasteiger partial charge in [0.05, 0.1) is 12.7 Å². The normalized spacial score (nSPS) is 11.7. The number of carbonyl (C=O) groups excluding carboxylic acids is 3. The van der Waals surface area contributed by atoms with Crippen molar-refractivity contribution in [2.24, 2.45) is 5.92 Å². The number of ether oxygens (including phenoxy) is 2. The average Bonchev–Trinajstić information content (AvgIpc) is 2.51. The molecule has 0 radical (unpaired) electrons. The van der Waals surface area contributed by atoms with Crippen LogP contribution in [0, 0.1) is 12.8 Å². The fraction of sp³-hybridized carbons (Fsp3) is 0.471. The van der Waals surface area contributed by atoms with E-state index >= 15 is 0 Å². The van der Waals surface area contributed by atoms with E-state index in [4.69, 9.17) is 4.74 Å². The first kappa shape index (κ1) is 18.7. The summed E-state index contributed by atoms with van der Waals surface area (Å²) in [5.74, 6) is -1.43. The van der Waals surface area contributed by atoms with Crippen LogP contribution >= 0.6 is 0 Å². The molecule has 1 aromatic rings. The highest BCUT2D eigenvalue weighted by atomic mass is 16.5. The van der Waals surface area contributed by atoms with E-state index in [9.17, 15) is 14.4 Å². The molecule has 0 aromatic heterocycles. The fourth-order valence-electron chi connectivity index (χ4n) is 2.07. The number of hydrogen-bond acceptors (Lipinski definition) is 5. The van der Waals surface area contributed by atoms with Gasteiger partial charge >= 0.3 is 11.9 Å². The van der Waals surface area contributed by atoms with Gasteiger partial charge in [-0.3, -0.25) is 4.79 Å². The molecule has 0 bridgehead atoms. The lowest BCUT2D eigenvalue weighted by Crippen LogP contribution is -2.44. The lowest BCUT2D eigenvalue weighted by atomic mass is 10.0. The Morgan fingerprint density at radius 2 is 1.83 bits per heavy atom. The summed E-state index contributed by atoms with van der Waals surface area (Å²) in [4.78, 5) is 35.5. The van der Waals surface area contributed by atoms with Gasteiger partial charge in [0.15, 0.2) is 6.61 Å².